The molecule has 2 heterocycles. The number of rotatable bonds is 10. The van der Waals surface area contributed by atoms with Crippen LogP contribution in [0.2, 0.25) is 0 Å². The number of aryl methyl sites for hydroxylation is 1. The number of benzene rings is 1. The molecule has 1 aromatic carbocycles. The summed E-state index contributed by atoms with van der Waals surface area (Å²) in [4.78, 5) is 18.5. The Bertz CT molecular complexity index is 1320. The third kappa shape index (κ3) is 6.07. The van der Waals surface area contributed by atoms with Crippen molar-refractivity contribution in [2.24, 2.45) is 0 Å². The molecule has 1 aliphatic carbocycles. The van der Waals surface area contributed by atoms with Gasteiger partial charge in [-0.25, -0.2) is 4.98 Å². The van der Waals surface area contributed by atoms with Crippen molar-refractivity contribution in [1.82, 2.24) is 9.55 Å². The Hall–Kier alpha value is -2.71. The van der Waals surface area contributed by atoms with Crippen LogP contribution in [0.3, 0.4) is 0 Å². The standard InChI is InChI=1S/C27H36N3O6P/c1-5-35-37(32,36-6-2)17-34-22-11-7-19(8-12-22)25-26-23(18(3)15-24(28)29-26)16-30(27(25)31)20-9-13-21(33-4)14-10-20/h9-10,13-16,19,22H,5-8,11-12,17H2,1-4H3,(H2,28,29). The summed E-state index contributed by atoms with van der Waals surface area (Å²) in [5.41, 5.74) is 9.06. The second-order valence-electron chi connectivity index (χ2n) is 9.26. The van der Waals surface area contributed by atoms with Crippen molar-refractivity contribution >= 4 is 24.3 Å². The van der Waals surface area contributed by atoms with Gasteiger partial charge in [0.15, 0.2) is 0 Å². The first-order chi connectivity index (χ1) is 17.8. The van der Waals surface area contributed by atoms with Crippen molar-refractivity contribution in [1.29, 1.82) is 0 Å². The summed E-state index contributed by atoms with van der Waals surface area (Å²) in [5.74, 6) is 1.12. The minimum atomic E-state index is -3.27. The second-order valence-corrected chi connectivity index (χ2v) is 11.3. The number of nitrogen functional groups attached to an aromatic ring is 1. The number of fused-ring (bicyclic) bond motifs is 1. The fourth-order valence-corrected chi connectivity index (χ4v) is 6.42. The summed E-state index contributed by atoms with van der Waals surface area (Å²) in [7, 11) is -1.65. The topological polar surface area (TPSA) is 115 Å². The van der Waals surface area contributed by atoms with Gasteiger partial charge in [-0.15, -0.1) is 0 Å². The zero-order valence-corrected chi connectivity index (χ0v) is 22.8. The van der Waals surface area contributed by atoms with Crippen molar-refractivity contribution < 1.29 is 23.1 Å². The predicted octanol–water partition coefficient (Wildman–Crippen LogP) is 5.55. The van der Waals surface area contributed by atoms with E-state index in [0.29, 0.717) is 30.1 Å². The van der Waals surface area contributed by atoms with Crippen molar-refractivity contribution in [3.8, 4) is 11.4 Å². The van der Waals surface area contributed by atoms with Crippen LogP contribution in [0, 0.1) is 6.92 Å². The number of hydrogen-bond donors (Lipinski definition) is 1. The number of nitrogens with zero attached hydrogens (tertiary/aromatic N) is 2. The number of aromatic nitrogens is 2. The van der Waals surface area contributed by atoms with E-state index in [1.165, 1.54) is 0 Å². The fourth-order valence-electron chi connectivity index (χ4n) is 5.02. The van der Waals surface area contributed by atoms with Crippen LogP contribution in [0.5, 0.6) is 5.75 Å². The number of hydrogen-bond acceptors (Lipinski definition) is 8. The lowest BCUT2D eigenvalue weighted by Crippen LogP contribution is -2.29. The van der Waals surface area contributed by atoms with Crippen molar-refractivity contribution in [3.05, 3.63) is 58.0 Å². The summed E-state index contributed by atoms with van der Waals surface area (Å²) in [6.45, 7) is 6.13. The minimum Gasteiger partial charge on any atom is -0.497 e. The summed E-state index contributed by atoms with van der Waals surface area (Å²) < 4.78 is 36.4. The smallest absolute Gasteiger partial charge is 0.356 e. The van der Waals surface area contributed by atoms with Crippen LogP contribution in [0.25, 0.3) is 16.6 Å². The fraction of sp³-hybridized carbons (Fsp3) is 0.481. The Kier molecular flexibility index (Phi) is 8.70. The van der Waals surface area contributed by atoms with Gasteiger partial charge in [-0.05, 0) is 88.3 Å². The molecule has 2 aromatic heterocycles. The van der Waals surface area contributed by atoms with Gasteiger partial charge in [0.1, 0.15) is 17.9 Å². The highest BCUT2D eigenvalue weighted by molar-refractivity contribution is 7.53. The summed E-state index contributed by atoms with van der Waals surface area (Å²) in [6.07, 6.45) is 4.63. The lowest BCUT2D eigenvalue weighted by molar-refractivity contribution is 0.0378. The van der Waals surface area contributed by atoms with Gasteiger partial charge in [0.2, 0.25) is 0 Å². The van der Waals surface area contributed by atoms with Gasteiger partial charge in [-0.3, -0.25) is 13.9 Å². The molecule has 0 bridgehead atoms. The number of nitrogens with two attached hydrogens (primary N) is 1. The molecule has 37 heavy (non-hydrogen) atoms. The van der Waals surface area contributed by atoms with E-state index >= 15 is 0 Å². The van der Waals surface area contributed by atoms with Gasteiger partial charge in [0.05, 0.1) is 31.9 Å². The Labute approximate surface area is 217 Å². The molecule has 1 aliphatic rings. The van der Waals surface area contributed by atoms with Crippen molar-refractivity contribution in [2.75, 3.05) is 32.4 Å². The van der Waals surface area contributed by atoms with Gasteiger partial charge < -0.3 is 24.3 Å². The number of anilines is 1. The maximum atomic E-state index is 13.9. The summed E-state index contributed by atoms with van der Waals surface area (Å²) >= 11 is 0. The monoisotopic (exact) mass is 529 g/mol. The van der Waals surface area contributed by atoms with Crippen LogP contribution < -0.4 is 16.0 Å². The van der Waals surface area contributed by atoms with Crippen LogP contribution >= 0.6 is 7.60 Å². The highest BCUT2D eigenvalue weighted by Gasteiger charge is 2.31. The minimum absolute atomic E-state index is 0.000151. The molecule has 0 aliphatic heterocycles. The van der Waals surface area contributed by atoms with Crippen LogP contribution in [-0.2, 0) is 18.3 Å². The Balaban J connectivity index is 1.63. The lowest BCUT2D eigenvalue weighted by atomic mass is 9.82. The van der Waals surface area contributed by atoms with Crippen LogP contribution in [0.1, 0.15) is 56.6 Å². The first kappa shape index (κ1) is 27.3. The molecule has 1 saturated carbocycles. The number of ether oxygens (including phenoxy) is 2. The highest BCUT2D eigenvalue weighted by atomic mass is 31.2. The quantitative estimate of drug-likeness (QED) is 0.340. The van der Waals surface area contributed by atoms with Crippen LogP contribution in [-0.4, -0.2) is 42.3 Å². The van der Waals surface area contributed by atoms with E-state index in [-0.39, 0.29) is 23.9 Å². The van der Waals surface area contributed by atoms with E-state index in [4.69, 9.17) is 24.3 Å². The van der Waals surface area contributed by atoms with E-state index in [0.717, 1.165) is 48.1 Å². The van der Waals surface area contributed by atoms with Gasteiger partial charge in [-0.2, -0.15) is 0 Å². The molecular formula is C27H36N3O6P. The molecule has 4 rings (SSSR count). The molecule has 0 radical (unpaired) electrons. The van der Waals surface area contributed by atoms with Gasteiger partial charge in [0, 0.05) is 22.8 Å². The predicted molar refractivity (Wildman–Crippen MR) is 145 cm³/mol. The molecular weight excluding hydrogens is 493 g/mol. The normalized spacial score (nSPS) is 18.3. The Morgan fingerprint density at radius 3 is 2.32 bits per heavy atom. The van der Waals surface area contributed by atoms with Crippen molar-refractivity contribution in [3.63, 3.8) is 0 Å². The van der Waals surface area contributed by atoms with Crippen LogP contribution in [0.4, 0.5) is 5.82 Å². The summed E-state index contributed by atoms with van der Waals surface area (Å²) in [5, 5.41) is 0.896. The van der Waals surface area contributed by atoms with Gasteiger partial charge >= 0.3 is 7.60 Å². The summed E-state index contributed by atoms with van der Waals surface area (Å²) in [6, 6.07) is 9.25. The maximum absolute atomic E-state index is 13.9. The molecule has 10 heteroatoms. The Morgan fingerprint density at radius 2 is 1.73 bits per heavy atom. The molecule has 9 nitrogen and oxygen atoms in total. The number of methoxy groups -OCH3 is 1. The second kappa shape index (κ2) is 11.8. The molecule has 200 valence electrons. The molecule has 0 spiro atoms. The molecule has 2 N–H and O–H groups in total. The SMILES string of the molecule is CCOP(=O)(COC1CCC(c2c(=O)n(-c3ccc(OC)cc3)cc3c(C)cc(N)nc23)CC1)OCC. The zero-order valence-electron chi connectivity index (χ0n) is 21.9. The van der Waals surface area contributed by atoms with E-state index in [1.807, 2.05) is 43.5 Å². The lowest BCUT2D eigenvalue weighted by Gasteiger charge is -2.30. The van der Waals surface area contributed by atoms with Gasteiger partial charge in [0.25, 0.3) is 5.56 Å². The van der Waals surface area contributed by atoms with E-state index in [1.54, 1.807) is 25.5 Å². The van der Waals surface area contributed by atoms with E-state index in [9.17, 15) is 9.36 Å². The van der Waals surface area contributed by atoms with Crippen molar-refractivity contribution in [2.45, 2.75) is 58.5 Å². The van der Waals surface area contributed by atoms with Gasteiger partial charge in [-0.1, -0.05) is 0 Å². The van der Waals surface area contributed by atoms with E-state index in [2.05, 4.69) is 4.98 Å². The van der Waals surface area contributed by atoms with E-state index < -0.39 is 7.60 Å². The molecule has 0 saturated heterocycles. The molecule has 0 atom stereocenters. The third-order valence-electron chi connectivity index (χ3n) is 6.80. The largest absolute Gasteiger partial charge is 0.497 e. The first-order valence-corrected chi connectivity index (χ1v) is 14.5. The highest BCUT2D eigenvalue weighted by Crippen LogP contribution is 2.49. The number of pyridine rings is 2. The first-order valence-electron chi connectivity index (χ1n) is 12.7. The molecule has 0 unspecified atom stereocenters. The zero-order chi connectivity index (χ0) is 26.6. The average Bonchev–Trinajstić information content (AvgIpc) is 2.88. The average molecular weight is 530 g/mol. The maximum Gasteiger partial charge on any atom is 0.356 e. The molecule has 1 fully saturated rings. The van der Waals surface area contributed by atoms with Crippen LogP contribution in [0.15, 0.2) is 41.3 Å². The Morgan fingerprint density at radius 1 is 1.08 bits per heavy atom. The third-order valence-corrected chi connectivity index (χ3v) is 8.57. The molecule has 0 amide bonds. The molecule has 3 aromatic rings.